The molecule has 7 heteroatoms. The number of aliphatic hydroxyl groups is 1. The van der Waals surface area contributed by atoms with Crippen molar-refractivity contribution in [2.45, 2.75) is 27.3 Å². The molecule has 0 spiro atoms. The molecule has 7 nitrogen and oxygen atoms in total. The van der Waals surface area contributed by atoms with Gasteiger partial charge in [0.05, 0.1) is 36.6 Å². The first-order chi connectivity index (χ1) is 10.1. The van der Waals surface area contributed by atoms with Crippen LogP contribution in [0.25, 0.3) is 17.2 Å². The number of hydrogen-bond acceptors (Lipinski definition) is 4. The van der Waals surface area contributed by atoms with Crippen LogP contribution in [0.5, 0.6) is 0 Å². The Balaban J connectivity index is 2.15. The van der Waals surface area contributed by atoms with Crippen LogP contribution in [0.4, 0.5) is 0 Å². The third kappa shape index (κ3) is 2.15. The first-order valence-electron chi connectivity index (χ1n) is 6.82. The van der Waals surface area contributed by atoms with Crippen LogP contribution in [0.2, 0.25) is 0 Å². The molecule has 3 aromatic heterocycles. The fourth-order valence-corrected chi connectivity index (χ4v) is 2.59. The first kappa shape index (κ1) is 13.6. The molecule has 0 radical (unpaired) electrons. The van der Waals surface area contributed by atoms with Gasteiger partial charge in [-0.15, -0.1) is 0 Å². The SMILES string of the molecule is Cc1nn(CCO)c(C)c1-n1ccnc1-c1nc[nH]c1C. The summed E-state index contributed by atoms with van der Waals surface area (Å²) in [6.45, 7) is 6.47. The first-order valence-corrected chi connectivity index (χ1v) is 6.82. The Labute approximate surface area is 122 Å². The van der Waals surface area contributed by atoms with Crippen molar-refractivity contribution >= 4 is 0 Å². The smallest absolute Gasteiger partial charge is 0.165 e. The molecule has 0 saturated heterocycles. The van der Waals surface area contributed by atoms with Gasteiger partial charge in [0.25, 0.3) is 0 Å². The van der Waals surface area contributed by atoms with Crippen LogP contribution in [0.3, 0.4) is 0 Å². The molecule has 0 fully saturated rings. The zero-order chi connectivity index (χ0) is 15.0. The number of rotatable bonds is 4. The standard InChI is InChI=1S/C14H18N6O/c1-9-12(17-8-16-9)14-15-4-5-19(14)13-10(2)18-20(6-7-21)11(13)3/h4-5,8,21H,6-7H2,1-3H3,(H,16,17). The zero-order valence-corrected chi connectivity index (χ0v) is 12.3. The summed E-state index contributed by atoms with van der Waals surface area (Å²) in [5.74, 6) is 0.781. The number of aryl methyl sites for hydroxylation is 2. The monoisotopic (exact) mass is 286 g/mol. The highest BCUT2D eigenvalue weighted by molar-refractivity contribution is 5.58. The molecule has 0 atom stereocenters. The summed E-state index contributed by atoms with van der Waals surface area (Å²) in [6.07, 6.45) is 5.33. The molecule has 0 aliphatic rings. The van der Waals surface area contributed by atoms with E-state index in [-0.39, 0.29) is 6.61 Å². The number of aliphatic hydroxyl groups excluding tert-OH is 1. The molecule has 21 heavy (non-hydrogen) atoms. The van der Waals surface area contributed by atoms with Gasteiger partial charge < -0.3 is 10.1 Å². The van der Waals surface area contributed by atoms with Crippen LogP contribution in [0.15, 0.2) is 18.7 Å². The minimum absolute atomic E-state index is 0.0661. The topological polar surface area (TPSA) is 84.5 Å². The van der Waals surface area contributed by atoms with Crippen molar-refractivity contribution in [2.24, 2.45) is 0 Å². The van der Waals surface area contributed by atoms with Crippen molar-refractivity contribution in [2.75, 3.05) is 6.61 Å². The van der Waals surface area contributed by atoms with Crippen LogP contribution in [0.1, 0.15) is 17.1 Å². The van der Waals surface area contributed by atoms with E-state index in [4.69, 9.17) is 5.11 Å². The Morgan fingerprint density at radius 1 is 1.24 bits per heavy atom. The Hall–Kier alpha value is -2.41. The second-order valence-electron chi connectivity index (χ2n) is 4.96. The van der Waals surface area contributed by atoms with Gasteiger partial charge in [0.2, 0.25) is 0 Å². The van der Waals surface area contributed by atoms with Gasteiger partial charge in [-0.1, -0.05) is 0 Å². The summed E-state index contributed by atoms with van der Waals surface area (Å²) in [5, 5.41) is 13.6. The van der Waals surface area contributed by atoms with Crippen molar-refractivity contribution in [3.05, 3.63) is 35.8 Å². The molecule has 2 N–H and O–H groups in total. The summed E-state index contributed by atoms with van der Waals surface area (Å²) in [6, 6.07) is 0. The van der Waals surface area contributed by atoms with E-state index in [1.807, 2.05) is 36.2 Å². The van der Waals surface area contributed by atoms with E-state index in [9.17, 15) is 0 Å². The summed E-state index contributed by atoms with van der Waals surface area (Å²) in [5.41, 5.74) is 4.68. The lowest BCUT2D eigenvalue weighted by Crippen LogP contribution is -2.06. The maximum absolute atomic E-state index is 9.12. The highest BCUT2D eigenvalue weighted by atomic mass is 16.3. The number of H-pyrrole nitrogens is 1. The molecule has 3 rings (SSSR count). The molecule has 0 aliphatic heterocycles. The van der Waals surface area contributed by atoms with Gasteiger partial charge in [-0.05, 0) is 20.8 Å². The third-order valence-electron chi connectivity index (χ3n) is 3.58. The molecular formula is C14H18N6O. The number of nitrogens with zero attached hydrogens (tertiary/aromatic N) is 5. The summed E-state index contributed by atoms with van der Waals surface area (Å²) in [7, 11) is 0. The predicted octanol–water partition coefficient (Wildman–Crippen LogP) is 1.38. The number of aromatic amines is 1. The van der Waals surface area contributed by atoms with Gasteiger partial charge in [-0.2, -0.15) is 5.10 Å². The fourth-order valence-electron chi connectivity index (χ4n) is 2.59. The maximum atomic E-state index is 9.12. The Morgan fingerprint density at radius 3 is 2.71 bits per heavy atom. The maximum Gasteiger partial charge on any atom is 0.165 e. The molecule has 0 bridgehead atoms. The highest BCUT2D eigenvalue weighted by Gasteiger charge is 2.18. The zero-order valence-electron chi connectivity index (χ0n) is 12.3. The second-order valence-corrected chi connectivity index (χ2v) is 4.96. The highest BCUT2D eigenvalue weighted by Crippen LogP contribution is 2.25. The summed E-state index contributed by atoms with van der Waals surface area (Å²) < 4.78 is 3.81. The normalized spacial score (nSPS) is 11.2. The number of hydrogen-bond donors (Lipinski definition) is 2. The average molecular weight is 286 g/mol. The summed E-state index contributed by atoms with van der Waals surface area (Å²) in [4.78, 5) is 11.8. The van der Waals surface area contributed by atoms with Crippen LogP contribution in [-0.2, 0) is 6.54 Å². The van der Waals surface area contributed by atoms with Crippen molar-refractivity contribution in [3.8, 4) is 17.2 Å². The van der Waals surface area contributed by atoms with Crippen LogP contribution >= 0.6 is 0 Å². The van der Waals surface area contributed by atoms with Crippen molar-refractivity contribution in [1.29, 1.82) is 0 Å². The number of nitrogens with one attached hydrogen (secondary N) is 1. The van der Waals surface area contributed by atoms with E-state index in [1.165, 1.54) is 0 Å². The fraction of sp³-hybridized carbons (Fsp3) is 0.357. The molecule has 0 aliphatic carbocycles. The molecule has 110 valence electrons. The number of imidazole rings is 2. The minimum atomic E-state index is 0.0661. The molecule has 0 amide bonds. The van der Waals surface area contributed by atoms with Gasteiger partial charge in [-0.25, -0.2) is 9.97 Å². The van der Waals surface area contributed by atoms with Crippen molar-refractivity contribution in [3.63, 3.8) is 0 Å². The molecule has 0 saturated carbocycles. The van der Waals surface area contributed by atoms with E-state index in [2.05, 4.69) is 20.1 Å². The van der Waals surface area contributed by atoms with E-state index >= 15 is 0 Å². The van der Waals surface area contributed by atoms with Gasteiger partial charge in [0.15, 0.2) is 5.82 Å². The Morgan fingerprint density at radius 2 is 2.05 bits per heavy atom. The predicted molar refractivity (Wildman–Crippen MR) is 78.2 cm³/mol. The van der Waals surface area contributed by atoms with Crippen molar-refractivity contribution in [1.82, 2.24) is 29.3 Å². The van der Waals surface area contributed by atoms with Crippen molar-refractivity contribution < 1.29 is 5.11 Å². The van der Waals surface area contributed by atoms with E-state index in [1.54, 1.807) is 12.5 Å². The van der Waals surface area contributed by atoms with E-state index < -0.39 is 0 Å². The van der Waals surface area contributed by atoms with Gasteiger partial charge in [0, 0.05) is 18.1 Å². The van der Waals surface area contributed by atoms with Crippen LogP contribution in [0, 0.1) is 20.8 Å². The molecule has 3 heterocycles. The molecule has 0 unspecified atom stereocenters. The van der Waals surface area contributed by atoms with Gasteiger partial charge in [0.1, 0.15) is 5.69 Å². The Bertz CT molecular complexity index is 766. The summed E-state index contributed by atoms with van der Waals surface area (Å²) >= 11 is 0. The van der Waals surface area contributed by atoms with Crippen LogP contribution < -0.4 is 0 Å². The molecular weight excluding hydrogens is 268 g/mol. The lowest BCUT2D eigenvalue weighted by Gasteiger charge is -2.08. The third-order valence-corrected chi connectivity index (χ3v) is 3.58. The number of aromatic nitrogens is 6. The molecule has 3 aromatic rings. The second kappa shape index (κ2) is 5.17. The lowest BCUT2D eigenvalue weighted by atomic mass is 10.2. The average Bonchev–Trinajstić information content (AvgIpc) is 3.12. The Kier molecular flexibility index (Phi) is 3.34. The lowest BCUT2D eigenvalue weighted by molar-refractivity contribution is 0.268. The largest absolute Gasteiger partial charge is 0.394 e. The molecule has 0 aromatic carbocycles. The minimum Gasteiger partial charge on any atom is -0.394 e. The van der Waals surface area contributed by atoms with Gasteiger partial charge >= 0.3 is 0 Å². The van der Waals surface area contributed by atoms with Gasteiger partial charge in [-0.3, -0.25) is 9.25 Å². The van der Waals surface area contributed by atoms with E-state index in [0.29, 0.717) is 6.54 Å². The van der Waals surface area contributed by atoms with E-state index in [0.717, 1.165) is 34.3 Å². The quantitative estimate of drug-likeness (QED) is 0.758. The van der Waals surface area contributed by atoms with Crippen LogP contribution in [-0.4, -0.2) is 41.0 Å².